The molecule has 0 saturated heterocycles. The molecule has 3 aromatic rings. The average molecular weight is 517 g/mol. The number of benzene rings is 2. The summed E-state index contributed by atoms with van der Waals surface area (Å²) in [7, 11) is -0.720. The lowest BCUT2D eigenvalue weighted by molar-refractivity contribution is 0.570. The first-order valence-corrected chi connectivity index (χ1v) is 11.8. The van der Waals surface area contributed by atoms with Crippen LogP contribution in [0.3, 0.4) is 0 Å². The standard InChI is InChI=1S/C20H20Cl2F2N6O2S/c1-25-5-6-30(2)18-7-12(21)3-4-16(18)28-17-9-15(24)19(8-14(17)22)33(31,32)29-20-26-10-13(23)11-27-20/h3-4,7-11,25,28H,5-6H2,1-2H3,(H,26,27,29). The number of rotatable bonds is 9. The van der Waals surface area contributed by atoms with Gasteiger partial charge in [-0.3, -0.25) is 0 Å². The molecule has 13 heteroatoms. The molecule has 0 amide bonds. The topological polar surface area (TPSA) is 99.2 Å². The predicted molar refractivity (Wildman–Crippen MR) is 126 cm³/mol. The Morgan fingerprint density at radius 3 is 2.42 bits per heavy atom. The molecule has 0 aliphatic rings. The number of aromatic nitrogens is 2. The second-order valence-corrected chi connectivity index (χ2v) is 9.40. The van der Waals surface area contributed by atoms with Gasteiger partial charge in [-0.15, -0.1) is 0 Å². The molecular weight excluding hydrogens is 497 g/mol. The molecule has 0 bridgehead atoms. The van der Waals surface area contributed by atoms with Crippen molar-refractivity contribution in [3.8, 4) is 0 Å². The summed E-state index contributed by atoms with van der Waals surface area (Å²) < 4.78 is 54.9. The van der Waals surface area contributed by atoms with Crippen molar-refractivity contribution >= 4 is 56.2 Å². The highest BCUT2D eigenvalue weighted by Gasteiger charge is 2.23. The summed E-state index contributed by atoms with van der Waals surface area (Å²) in [6.07, 6.45) is 1.55. The molecule has 0 spiro atoms. The third-order valence-electron chi connectivity index (χ3n) is 4.49. The van der Waals surface area contributed by atoms with Crippen LogP contribution >= 0.6 is 23.2 Å². The fraction of sp³-hybridized carbons (Fsp3) is 0.200. The second-order valence-electron chi connectivity index (χ2n) is 6.90. The summed E-state index contributed by atoms with van der Waals surface area (Å²) in [5.74, 6) is -2.22. The van der Waals surface area contributed by atoms with Crippen LogP contribution in [0.1, 0.15) is 0 Å². The van der Waals surface area contributed by atoms with E-state index in [0.29, 0.717) is 17.3 Å². The van der Waals surface area contributed by atoms with E-state index in [2.05, 4.69) is 20.6 Å². The van der Waals surface area contributed by atoms with Crippen LogP contribution in [0.25, 0.3) is 0 Å². The number of hydrogen-bond acceptors (Lipinski definition) is 7. The van der Waals surface area contributed by atoms with Crippen LogP contribution in [0.4, 0.5) is 31.8 Å². The first kappa shape index (κ1) is 24.9. The van der Waals surface area contributed by atoms with Gasteiger partial charge in [0.2, 0.25) is 5.95 Å². The number of likely N-dealkylation sites (N-methyl/N-ethyl adjacent to an activating group) is 2. The number of nitrogens with one attached hydrogen (secondary N) is 3. The van der Waals surface area contributed by atoms with E-state index in [-0.39, 0.29) is 10.7 Å². The van der Waals surface area contributed by atoms with E-state index in [9.17, 15) is 17.2 Å². The molecule has 2 aromatic carbocycles. The lowest BCUT2D eigenvalue weighted by atomic mass is 10.2. The summed E-state index contributed by atoms with van der Waals surface area (Å²) in [6, 6.07) is 7.05. The molecule has 1 aromatic heterocycles. The van der Waals surface area contributed by atoms with Gasteiger partial charge < -0.3 is 15.5 Å². The summed E-state index contributed by atoms with van der Waals surface area (Å²) in [5, 5.41) is 6.55. The fourth-order valence-corrected chi connectivity index (χ4v) is 4.33. The highest BCUT2D eigenvalue weighted by Crippen LogP contribution is 2.35. The van der Waals surface area contributed by atoms with Crippen LogP contribution in [0.2, 0.25) is 10.0 Å². The molecule has 33 heavy (non-hydrogen) atoms. The third-order valence-corrected chi connectivity index (χ3v) is 6.39. The van der Waals surface area contributed by atoms with Crippen molar-refractivity contribution in [2.24, 2.45) is 0 Å². The molecule has 0 radical (unpaired) electrons. The molecule has 8 nitrogen and oxygen atoms in total. The molecule has 0 atom stereocenters. The number of anilines is 4. The van der Waals surface area contributed by atoms with Gasteiger partial charge in [-0.2, -0.15) is 0 Å². The van der Waals surface area contributed by atoms with Crippen molar-refractivity contribution in [3.63, 3.8) is 0 Å². The normalized spacial score (nSPS) is 11.3. The Morgan fingerprint density at radius 2 is 1.76 bits per heavy atom. The van der Waals surface area contributed by atoms with Gasteiger partial charge in [0.1, 0.15) is 10.7 Å². The van der Waals surface area contributed by atoms with Crippen molar-refractivity contribution in [2.45, 2.75) is 4.90 Å². The first-order chi connectivity index (χ1) is 15.6. The Labute approximate surface area is 200 Å². The maximum Gasteiger partial charge on any atom is 0.267 e. The summed E-state index contributed by atoms with van der Waals surface area (Å²) in [6.45, 7) is 1.39. The maximum absolute atomic E-state index is 14.8. The Hall–Kier alpha value is -2.73. The largest absolute Gasteiger partial charge is 0.372 e. The van der Waals surface area contributed by atoms with E-state index in [0.717, 1.165) is 36.8 Å². The van der Waals surface area contributed by atoms with Gasteiger partial charge in [0.05, 0.1) is 34.5 Å². The van der Waals surface area contributed by atoms with Gasteiger partial charge in [-0.25, -0.2) is 31.9 Å². The van der Waals surface area contributed by atoms with Gasteiger partial charge in [-0.1, -0.05) is 23.2 Å². The summed E-state index contributed by atoms with van der Waals surface area (Å²) in [5.41, 5.74) is 1.48. The van der Waals surface area contributed by atoms with Crippen LogP contribution in [-0.2, 0) is 10.0 Å². The van der Waals surface area contributed by atoms with Crippen LogP contribution in [0.15, 0.2) is 47.6 Å². The molecule has 3 rings (SSSR count). The molecule has 0 saturated carbocycles. The van der Waals surface area contributed by atoms with Crippen molar-refractivity contribution in [1.82, 2.24) is 15.3 Å². The molecule has 0 fully saturated rings. The number of halogens is 4. The van der Waals surface area contributed by atoms with E-state index >= 15 is 0 Å². The van der Waals surface area contributed by atoms with Crippen LogP contribution in [0, 0.1) is 11.6 Å². The SMILES string of the molecule is CNCCN(C)c1cc(Cl)ccc1Nc1cc(F)c(S(=O)(=O)Nc2ncc(F)cn2)cc1Cl. The summed E-state index contributed by atoms with van der Waals surface area (Å²) >= 11 is 12.4. The summed E-state index contributed by atoms with van der Waals surface area (Å²) in [4.78, 5) is 8.24. The van der Waals surface area contributed by atoms with Crippen molar-refractivity contribution in [1.29, 1.82) is 0 Å². The van der Waals surface area contributed by atoms with Gasteiger partial charge in [0.15, 0.2) is 5.82 Å². The minimum Gasteiger partial charge on any atom is -0.372 e. The Morgan fingerprint density at radius 1 is 1.06 bits per heavy atom. The number of hydrogen-bond donors (Lipinski definition) is 3. The zero-order valence-corrected chi connectivity index (χ0v) is 19.9. The Balaban J connectivity index is 1.90. The third kappa shape index (κ3) is 6.20. The van der Waals surface area contributed by atoms with E-state index in [1.54, 1.807) is 18.2 Å². The molecule has 0 unspecified atom stereocenters. The molecule has 1 heterocycles. The van der Waals surface area contributed by atoms with Crippen LogP contribution in [-0.4, -0.2) is 45.6 Å². The predicted octanol–water partition coefficient (Wildman–Crippen LogP) is 4.26. The maximum atomic E-state index is 14.8. The van der Waals surface area contributed by atoms with E-state index in [4.69, 9.17) is 23.2 Å². The molecule has 0 aliphatic carbocycles. The number of sulfonamides is 1. The van der Waals surface area contributed by atoms with E-state index in [1.807, 2.05) is 23.7 Å². The van der Waals surface area contributed by atoms with E-state index < -0.39 is 32.5 Å². The molecule has 0 aliphatic heterocycles. The van der Waals surface area contributed by atoms with Gasteiger partial charge in [0.25, 0.3) is 10.0 Å². The molecular formula is C20H20Cl2F2N6O2S. The smallest absolute Gasteiger partial charge is 0.267 e. The quantitative estimate of drug-likeness (QED) is 0.390. The van der Waals surface area contributed by atoms with Crippen molar-refractivity contribution in [2.75, 3.05) is 42.1 Å². The zero-order valence-electron chi connectivity index (χ0n) is 17.5. The highest BCUT2D eigenvalue weighted by molar-refractivity contribution is 7.92. The molecule has 3 N–H and O–H groups in total. The first-order valence-electron chi connectivity index (χ1n) is 9.52. The average Bonchev–Trinajstić information content (AvgIpc) is 2.76. The van der Waals surface area contributed by atoms with Gasteiger partial charge in [-0.05, 0) is 31.3 Å². The van der Waals surface area contributed by atoms with Gasteiger partial charge in [0, 0.05) is 31.2 Å². The van der Waals surface area contributed by atoms with Crippen LogP contribution < -0.4 is 20.3 Å². The Kier molecular flexibility index (Phi) is 7.90. The minimum absolute atomic E-state index is 0.0458. The van der Waals surface area contributed by atoms with Crippen molar-refractivity contribution in [3.05, 3.63) is 64.4 Å². The molecule has 176 valence electrons. The lowest BCUT2D eigenvalue weighted by Gasteiger charge is -2.23. The van der Waals surface area contributed by atoms with Crippen molar-refractivity contribution < 1.29 is 17.2 Å². The lowest BCUT2D eigenvalue weighted by Crippen LogP contribution is -2.27. The van der Waals surface area contributed by atoms with Gasteiger partial charge >= 0.3 is 0 Å². The monoisotopic (exact) mass is 516 g/mol. The zero-order chi connectivity index (χ0) is 24.2. The minimum atomic E-state index is -4.42. The Bertz CT molecular complexity index is 1250. The highest BCUT2D eigenvalue weighted by atomic mass is 35.5. The number of nitrogens with zero attached hydrogens (tertiary/aromatic N) is 3. The van der Waals surface area contributed by atoms with E-state index in [1.165, 1.54) is 0 Å². The fourth-order valence-electron chi connectivity index (χ4n) is 2.84. The van der Waals surface area contributed by atoms with Crippen LogP contribution in [0.5, 0.6) is 0 Å². The second kappa shape index (κ2) is 10.5.